The Labute approximate surface area is 87.0 Å². The molecule has 0 amide bonds. The number of methoxy groups -OCH3 is 1. The molecule has 0 aromatic carbocycles. The summed E-state index contributed by atoms with van der Waals surface area (Å²) in [4.78, 5) is 14.9. The monoisotopic (exact) mass is 213 g/mol. The van der Waals surface area contributed by atoms with Gasteiger partial charge < -0.3 is 9.47 Å². The van der Waals surface area contributed by atoms with Crippen LogP contribution in [0.4, 0.5) is 4.39 Å². The first-order valence-electron chi connectivity index (χ1n) is 4.51. The maximum atomic E-state index is 12.8. The van der Waals surface area contributed by atoms with E-state index in [2.05, 4.69) is 4.98 Å². The van der Waals surface area contributed by atoms with Crippen molar-refractivity contribution in [2.75, 3.05) is 13.7 Å². The van der Waals surface area contributed by atoms with Crippen LogP contribution in [0, 0.1) is 5.82 Å². The molecule has 15 heavy (non-hydrogen) atoms. The SMILES string of the molecule is CCOC(=O)Cc1ncc(F)cc1OC. The van der Waals surface area contributed by atoms with E-state index < -0.39 is 11.8 Å². The first-order valence-corrected chi connectivity index (χ1v) is 4.51. The summed E-state index contributed by atoms with van der Waals surface area (Å²) in [6.45, 7) is 2.02. The number of halogens is 1. The summed E-state index contributed by atoms with van der Waals surface area (Å²) in [6, 6.07) is 1.18. The molecule has 0 N–H and O–H groups in total. The fourth-order valence-electron chi connectivity index (χ4n) is 1.11. The van der Waals surface area contributed by atoms with Crippen LogP contribution in [-0.4, -0.2) is 24.7 Å². The lowest BCUT2D eigenvalue weighted by molar-refractivity contribution is -0.142. The molecule has 0 spiro atoms. The fourth-order valence-corrected chi connectivity index (χ4v) is 1.11. The van der Waals surface area contributed by atoms with Gasteiger partial charge in [0.1, 0.15) is 11.6 Å². The molecule has 5 heteroatoms. The molecule has 0 aliphatic carbocycles. The number of carbonyl (C=O) groups is 1. The van der Waals surface area contributed by atoms with Crippen molar-refractivity contribution in [3.63, 3.8) is 0 Å². The molecule has 82 valence electrons. The molecule has 0 radical (unpaired) electrons. The van der Waals surface area contributed by atoms with Crippen LogP contribution in [0.1, 0.15) is 12.6 Å². The third kappa shape index (κ3) is 3.19. The Bertz CT molecular complexity index is 355. The maximum Gasteiger partial charge on any atom is 0.312 e. The Kier molecular flexibility index (Phi) is 4.03. The van der Waals surface area contributed by atoms with Gasteiger partial charge in [-0.25, -0.2) is 4.39 Å². The predicted molar refractivity (Wildman–Crippen MR) is 51.1 cm³/mol. The third-order valence-corrected chi connectivity index (χ3v) is 1.73. The number of ether oxygens (including phenoxy) is 2. The van der Waals surface area contributed by atoms with Crippen molar-refractivity contribution < 1.29 is 18.7 Å². The highest BCUT2D eigenvalue weighted by molar-refractivity contribution is 5.72. The van der Waals surface area contributed by atoms with Crippen molar-refractivity contribution in [2.24, 2.45) is 0 Å². The first kappa shape index (κ1) is 11.4. The van der Waals surface area contributed by atoms with Crippen molar-refractivity contribution in [2.45, 2.75) is 13.3 Å². The number of rotatable bonds is 4. The molecule has 0 unspecified atom stereocenters. The summed E-state index contributed by atoms with van der Waals surface area (Å²) in [7, 11) is 1.39. The Morgan fingerprint density at radius 2 is 2.33 bits per heavy atom. The van der Waals surface area contributed by atoms with E-state index in [1.165, 1.54) is 13.2 Å². The van der Waals surface area contributed by atoms with Gasteiger partial charge in [-0.1, -0.05) is 0 Å². The van der Waals surface area contributed by atoms with Crippen molar-refractivity contribution >= 4 is 5.97 Å². The summed E-state index contributed by atoms with van der Waals surface area (Å²) in [6.07, 6.45) is 1.02. The second-order valence-corrected chi connectivity index (χ2v) is 2.78. The van der Waals surface area contributed by atoms with Crippen LogP contribution in [0.3, 0.4) is 0 Å². The van der Waals surface area contributed by atoms with Crippen LogP contribution in [0.5, 0.6) is 5.75 Å². The van der Waals surface area contributed by atoms with Gasteiger partial charge in [-0.15, -0.1) is 0 Å². The molecule has 0 saturated carbocycles. The van der Waals surface area contributed by atoms with Crippen LogP contribution < -0.4 is 4.74 Å². The minimum Gasteiger partial charge on any atom is -0.495 e. The molecule has 1 rings (SSSR count). The van der Waals surface area contributed by atoms with Crippen molar-refractivity contribution in [1.29, 1.82) is 0 Å². The Hall–Kier alpha value is -1.65. The van der Waals surface area contributed by atoms with Gasteiger partial charge in [0.05, 0.1) is 32.0 Å². The molecule has 1 aromatic rings. The number of aromatic nitrogens is 1. The van der Waals surface area contributed by atoms with Gasteiger partial charge in [0.2, 0.25) is 0 Å². The Morgan fingerprint density at radius 3 is 2.93 bits per heavy atom. The summed E-state index contributed by atoms with van der Waals surface area (Å²) in [5.41, 5.74) is 0.373. The highest BCUT2D eigenvalue weighted by Crippen LogP contribution is 2.17. The third-order valence-electron chi connectivity index (χ3n) is 1.73. The first-order chi connectivity index (χ1) is 7.17. The fraction of sp³-hybridized carbons (Fsp3) is 0.400. The molecule has 0 aliphatic heterocycles. The molecule has 0 saturated heterocycles. The number of pyridine rings is 1. The number of carbonyl (C=O) groups excluding carboxylic acids is 1. The lowest BCUT2D eigenvalue weighted by Gasteiger charge is -2.06. The van der Waals surface area contributed by atoms with Gasteiger partial charge in [0, 0.05) is 6.07 Å². The molecule has 1 heterocycles. The molecule has 0 fully saturated rings. The van der Waals surface area contributed by atoms with Gasteiger partial charge in [-0.3, -0.25) is 9.78 Å². The molecular formula is C10H12FNO3. The van der Waals surface area contributed by atoms with E-state index in [9.17, 15) is 9.18 Å². The normalized spacial score (nSPS) is 9.80. The zero-order chi connectivity index (χ0) is 11.3. The molecule has 0 aliphatic rings. The van der Waals surface area contributed by atoms with E-state index in [1.54, 1.807) is 6.92 Å². The van der Waals surface area contributed by atoms with Crippen LogP contribution in [0.25, 0.3) is 0 Å². The highest BCUT2D eigenvalue weighted by Gasteiger charge is 2.11. The number of nitrogens with zero attached hydrogens (tertiary/aromatic N) is 1. The van der Waals surface area contributed by atoms with Crippen LogP contribution in [0.15, 0.2) is 12.3 Å². The topological polar surface area (TPSA) is 48.4 Å². The van der Waals surface area contributed by atoms with E-state index in [0.717, 1.165) is 6.20 Å². The average Bonchev–Trinajstić information content (AvgIpc) is 2.21. The summed E-state index contributed by atoms with van der Waals surface area (Å²) >= 11 is 0. The van der Waals surface area contributed by atoms with Crippen molar-refractivity contribution in [1.82, 2.24) is 4.98 Å². The van der Waals surface area contributed by atoms with E-state index in [1.807, 2.05) is 0 Å². The smallest absolute Gasteiger partial charge is 0.312 e. The van der Waals surface area contributed by atoms with Gasteiger partial charge in [0.15, 0.2) is 0 Å². The molecule has 0 bridgehead atoms. The second-order valence-electron chi connectivity index (χ2n) is 2.78. The van der Waals surface area contributed by atoms with Crippen LogP contribution >= 0.6 is 0 Å². The molecule has 4 nitrogen and oxygen atoms in total. The van der Waals surface area contributed by atoms with Gasteiger partial charge >= 0.3 is 5.97 Å². The van der Waals surface area contributed by atoms with Crippen molar-refractivity contribution in [3.8, 4) is 5.75 Å². The quantitative estimate of drug-likeness (QED) is 0.708. The number of hydrogen-bond donors (Lipinski definition) is 0. The van der Waals surface area contributed by atoms with E-state index >= 15 is 0 Å². The van der Waals surface area contributed by atoms with E-state index in [-0.39, 0.29) is 12.2 Å². The second kappa shape index (κ2) is 5.29. The molecule has 1 aromatic heterocycles. The van der Waals surface area contributed by atoms with E-state index in [0.29, 0.717) is 12.3 Å². The zero-order valence-corrected chi connectivity index (χ0v) is 8.62. The summed E-state index contributed by atoms with van der Waals surface area (Å²) in [5, 5.41) is 0. The van der Waals surface area contributed by atoms with Gasteiger partial charge in [-0.2, -0.15) is 0 Å². The van der Waals surface area contributed by atoms with E-state index in [4.69, 9.17) is 9.47 Å². The Morgan fingerprint density at radius 1 is 1.60 bits per heavy atom. The molecule has 0 atom stereocenters. The zero-order valence-electron chi connectivity index (χ0n) is 8.62. The predicted octanol–water partition coefficient (Wildman–Crippen LogP) is 1.33. The summed E-state index contributed by atoms with van der Waals surface area (Å²) < 4.78 is 22.4. The maximum absolute atomic E-state index is 12.8. The average molecular weight is 213 g/mol. The largest absolute Gasteiger partial charge is 0.495 e. The highest BCUT2D eigenvalue weighted by atomic mass is 19.1. The van der Waals surface area contributed by atoms with Gasteiger partial charge in [-0.05, 0) is 6.92 Å². The lowest BCUT2D eigenvalue weighted by atomic mass is 10.2. The van der Waals surface area contributed by atoms with Crippen molar-refractivity contribution in [3.05, 3.63) is 23.8 Å². The van der Waals surface area contributed by atoms with Crippen LogP contribution in [0.2, 0.25) is 0 Å². The Balaban J connectivity index is 2.80. The number of esters is 1. The standard InChI is InChI=1S/C10H12FNO3/c1-3-15-10(13)5-8-9(14-2)4-7(11)6-12-8/h4,6H,3,5H2,1-2H3. The minimum atomic E-state index is -0.501. The van der Waals surface area contributed by atoms with Crippen LogP contribution in [-0.2, 0) is 16.0 Å². The number of hydrogen-bond acceptors (Lipinski definition) is 4. The lowest BCUT2D eigenvalue weighted by Crippen LogP contribution is -2.10. The molecular weight excluding hydrogens is 201 g/mol. The minimum absolute atomic E-state index is 0.0166. The van der Waals surface area contributed by atoms with Gasteiger partial charge in [0.25, 0.3) is 0 Å². The summed E-state index contributed by atoms with van der Waals surface area (Å²) in [5.74, 6) is -0.655.